The molecule has 1 N–H and O–H groups in total. The van der Waals surface area contributed by atoms with Gasteiger partial charge in [0.1, 0.15) is 12.1 Å². The van der Waals surface area contributed by atoms with Crippen LogP contribution in [0, 0.1) is 17.0 Å². The highest BCUT2D eigenvalue weighted by Crippen LogP contribution is 2.32. The van der Waals surface area contributed by atoms with Crippen LogP contribution in [0.3, 0.4) is 0 Å². The second kappa shape index (κ2) is 6.12. The lowest BCUT2D eigenvalue weighted by atomic mass is 10.3. The molecule has 0 saturated carbocycles. The highest BCUT2D eigenvalue weighted by molar-refractivity contribution is 5.66. The van der Waals surface area contributed by atoms with E-state index < -0.39 is 4.92 Å². The van der Waals surface area contributed by atoms with Crippen molar-refractivity contribution < 1.29 is 9.66 Å². The van der Waals surface area contributed by atoms with Crippen molar-refractivity contribution in [1.29, 1.82) is 0 Å². The van der Waals surface area contributed by atoms with Gasteiger partial charge in [-0.2, -0.15) is 4.98 Å². The summed E-state index contributed by atoms with van der Waals surface area (Å²) in [5.74, 6) is 0.430. The number of pyridine rings is 1. The topological polar surface area (TPSA) is 103 Å². The van der Waals surface area contributed by atoms with Crippen molar-refractivity contribution >= 4 is 17.3 Å². The van der Waals surface area contributed by atoms with Crippen LogP contribution in [-0.2, 0) is 0 Å². The Kier molecular flexibility index (Phi) is 4.27. The SMILES string of the molecule is Cc1ccc(Nc2ncnc(OC(C)C)c2[N+](=O)[O-])nc1. The normalized spacial score (nSPS) is 10.5. The number of nitrogens with one attached hydrogen (secondary N) is 1. The lowest BCUT2D eigenvalue weighted by Gasteiger charge is -2.11. The first-order valence-electron chi connectivity index (χ1n) is 6.33. The number of aryl methyl sites for hydroxylation is 1. The van der Waals surface area contributed by atoms with Crippen LogP contribution in [-0.4, -0.2) is 26.0 Å². The largest absolute Gasteiger partial charge is 0.470 e. The van der Waals surface area contributed by atoms with Crippen molar-refractivity contribution in [3.63, 3.8) is 0 Å². The fourth-order valence-electron chi connectivity index (χ4n) is 1.59. The van der Waals surface area contributed by atoms with E-state index in [1.54, 1.807) is 26.1 Å². The van der Waals surface area contributed by atoms with E-state index in [1.165, 1.54) is 6.33 Å². The molecule has 0 aromatic carbocycles. The third-order valence-electron chi connectivity index (χ3n) is 2.48. The lowest BCUT2D eigenvalue weighted by Crippen LogP contribution is -2.11. The molecule has 0 aliphatic carbocycles. The van der Waals surface area contributed by atoms with Gasteiger partial charge in [-0.3, -0.25) is 10.1 Å². The van der Waals surface area contributed by atoms with Crippen molar-refractivity contribution in [2.24, 2.45) is 0 Å². The first-order chi connectivity index (χ1) is 9.97. The summed E-state index contributed by atoms with van der Waals surface area (Å²) < 4.78 is 5.35. The summed E-state index contributed by atoms with van der Waals surface area (Å²) in [6.07, 6.45) is 2.63. The first-order valence-corrected chi connectivity index (χ1v) is 6.33. The molecule has 0 aliphatic rings. The second-order valence-electron chi connectivity index (χ2n) is 4.65. The van der Waals surface area contributed by atoms with E-state index in [-0.39, 0.29) is 23.5 Å². The summed E-state index contributed by atoms with van der Waals surface area (Å²) in [5.41, 5.74) is 0.676. The van der Waals surface area contributed by atoms with Gasteiger partial charge in [-0.15, -0.1) is 0 Å². The molecule has 2 aromatic rings. The summed E-state index contributed by atoms with van der Waals surface area (Å²) in [4.78, 5) is 22.5. The van der Waals surface area contributed by atoms with Crippen LogP contribution >= 0.6 is 0 Å². The molecule has 0 spiro atoms. The standard InChI is InChI=1S/C13H15N5O3/c1-8(2)21-13-11(18(19)20)12(15-7-16-13)17-10-5-4-9(3)6-14-10/h4-8H,1-3H3,(H,14,15,16,17). The van der Waals surface area contributed by atoms with Gasteiger partial charge < -0.3 is 10.1 Å². The van der Waals surface area contributed by atoms with Crippen LogP contribution in [0.1, 0.15) is 19.4 Å². The zero-order chi connectivity index (χ0) is 15.4. The van der Waals surface area contributed by atoms with Crippen molar-refractivity contribution in [3.05, 3.63) is 40.3 Å². The van der Waals surface area contributed by atoms with Crippen LogP contribution in [0.2, 0.25) is 0 Å². The smallest absolute Gasteiger partial charge is 0.373 e. The Morgan fingerprint density at radius 2 is 2.05 bits per heavy atom. The zero-order valence-electron chi connectivity index (χ0n) is 11.9. The summed E-state index contributed by atoms with van der Waals surface area (Å²) in [5, 5.41) is 14.1. The Hall–Kier alpha value is -2.77. The van der Waals surface area contributed by atoms with Gasteiger partial charge >= 0.3 is 5.69 Å². The number of hydrogen-bond acceptors (Lipinski definition) is 7. The Labute approximate surface area is 121 Å². The Balaban J connectivity index is 2.38. The number of anilines is 2. The molecule has 0 fully saturated rings. The molecule has 0 aliphatic heterocycles. The molecule has 8 heteroatoms. The monoisotopic (exact) mass is 289 g/mol. The van der Waals surface area contributed by atoms with Crippen molar-refractivity contribution in [1.82, 2.24) is 15.0 Å². The molecular weight excluding hydrogens is 274 g/mol. The molecule has 0 atom stereocenters. The summed E-state index contributed by atoms with van der Waals surface area (Å²) in [6, 6.07) is 3.55. The van der Waals surface area contributed by atoms with Crippen LogP contribution in [0.15, 0.2) is 24.7 Å². The van der Waals surface area contributed by atoms with Gasteiger partial charge in [0.05, 0.1) is 11.0 Å². The maximum Gasteiger partial charge on any atom is 0.373 e. The molecule has 0 radical (unpaired) electrons. The molecule has 8 nitrogen and oxygen atoms in total. The number of hydrogen-bond donors (Lipinski definition) is 1. The third-order valence-corrected chi connectivity index (χ3v) is 2.48. The number of rotatable bonds is 5. The Morgan fingerprint density at radius 3 is 2.62 bits per heavy atom. The molecule has 0 bridgehead atoms. The Bertz CT molecular complexity index is 643. The fourth-order valence-corrected chi connectivity index (χ4v) is 1.59. The fraction of sp³-hybridized carbons (Fsp3) is 0.308. The first kappa shape index (κ1) is 14.6. The molecular formula is C13H15N5O3. The lowest BCUT2D eigenvalue weighted by molar-refractivity contribution is -0.385. The highest BCUT2D eigenvalue weighted by atomic mass is 16.6. The third kappa shape index (κ3) is 3.62. The minimum Gasteiger partial charge on any atom is -0.470 e. The molecule has 2 aromatic heterocycles. The second-order valence-corrected chi connectivity index (χ2v) is 4.65. The van der Waals surface area contributed by atoms with Crippen molar-refractivity contribution in [2.45, 2.75) is 26.9 Å². The minimum atomic E-state index is -0.575. The van der Waals surface area contributed by atoms with Gasteiger partial charge in [-0.25, -0.2) is 9.97 Å². The molecule has 21 heavy (non-hydrogen) atoms. The molecule has 110 valence electrons. The highest BCUT2D eigenvalue weighted by Gasteiger charge is 2.25. The van der Waals surface area contributed by atoms with Crippen LogP contribution in [0.5, 0.6) is 5.88 Å². The predicted octanol–water partition coefficient (Wildman–Crippen LogP) is 2.62. The predicted molar refractivity (Wildman–Crippen MR) is 76.7 cm³/mol. The van der Waals surface area contributed by atoms with Gasteiger partial charge in [-0.1, -0.05) is 6.07 Å². The maximum absolute atomic E-state index is 11.3. The number of aromatic nitrogens is 3. The average molecular weight is 289 g/mol. The van der Waals surface area contributed by atoms with Gasteiger partial charge in [0.25, 0.3) is 5.88 Å². The van der Waals surface area contributed by atoms with Crippen molar-refractivity contribution in [2.75, 3.05) is 5.32 Å². The zero-order valence-corrected chi connectivity index (χ0v) is 11.9. The number of nitrogens with zero attached hydrogens (tertiary/aromatic N) is 4. The quantitative estimate of drug-likeness (QED) is 0.666. The van der Waals surface area contributed by atoms with E-state index in [0.29, 0.717) is 5.82 Å². The summed E-state index contributed by atoms with van der Waals surface area (Å²) in [7, 11) is 0. The summed E-state index contributed by atoms with van der Waals surface area (Å²) >= 11 is 0. The van der Waals surface area contributed by atoms with E-state index >= 15 is 0 Å². The minimum absolute atomic E-state index is 0.0435. The average Bonchev–Trinajstić information content (AvgIpc) is 2.40. The molecule has 0 amide bonds. The number of ether oxygens (including phenoxy) is 1. The van der Waals surface area contributed by atoms with E-state index in [9.17, 15) is 10.1 Å². The molecule has 2 heterocycles. The molecule has 2 rings (SSSR count). The number of nitro groups is 1. The Morgan fingerprint density at radius 1 is 1.29 bits per heavy atom. The van der Waals surface area contributed by atoms with Gasteiger partial charge in [-0.05, 0) is 32.4 Å². The van der Waals surface area contributed by atoms with Gasteiger partial charge in [0.15, 0.2) is 0 Å². The van der Waals surface area contributed by atoms with Crippen molar-refractivity contribution in [3.8, 4) is 5.88 Å². The van der Waals surface area contributed by atoms with E-state index in [0.717, 1.165) is 5.56 Å². The molecule has 0 saturated heterocycles. The van der Waals surface area contributed by atoms with Gasteiger partial charge in [0.2, 0.25) is 5.82 Å². The maximum atomic E-state index is 11.3. The van der Waals surface area contributed by atoms with Crippen LogP contribution in [0.25, 0.3) is 0 Å². The van der Waals surface area contributed by atoms with E-state index in [2.05, 4.69) is 20.3 Å². The van der Waals surface area contributed by atoms with E-state index in [1.807, 2.05) is 13.0 Å². The van der Waals surface area contributed by atoms with E-state index in [4.69, 9.17) is 4.74 Å². The summed E-state index contributed by atoms with van der Waals surface area (Å²) in [6.45, 7) is 5.43. The molecule has 0 unspecified atom stereocenters. The van der Waals surface area contributed by atoms with Gasteiger partial charge in [0, 0.05) is 6.20 Å². The van der Waals surface area contributed by atoms with Crippen LogP contribution < -0.4 is 10.1 Å². The van der Waals surface area contributed by atoms with Crippen LogP contribution in [0.4, 0.5) is 17.3 Å².